The normalized spacial score (nSPS) is 11.0. The van der Waals surface area contributed by atoms with Crippen LogP contribution in [0, 0.1) is 0 Å². The molecule has 0 saturated heterocycles. The van der Waals surface area contributed by atoms with Gasteiger partial charge < -0.3 is 4.90 Å². The highest BCUT2D eigenvalue weighted by atomic mass is 16.1. The third-order valence-corrected chi connectivity index (χ3v) is 5.50. The molecule has 0 heterocycles. The van der Waals surface area contributed by atoms with Crippen molar-refractivity contribution in [1.82, 2.24) is 4.90 Å². The summed E-state index contributed by atoms with van der Waals surface area (Å²) in [5, 5.41) is 0. The molecule has 0 aromatic rings. The highest BCUT2D eigenvalue weighted by molar-refractivity contribution is 5.46. The van der Waals surface area contributed by atoms with E-state index in [0.29, 0.717) is 0 Å². The van der Waals surface area contributed by atoms with Crippen LogP contribution in [0.15, 0.2) is 0 Å². The van der Waals surface area contributed by atoms with Crippen LogP contribution in [0.3, 0.4) is 0 Å². The Balaban J connectivity index is 3.29. The van der Waals surface area contributed by atoms with Gasteiger partial charge in [-0.25, -0.2) is 0 Å². The van der Waals surface area contributed by atoms with Crippen molar-refractivity contribution in [1.29, 1.82) is 0 Å². The highest BCUT2D eigenvalue weighted by Crippen LogP contribution is 2.12. The van der Waals surface area contributed by atoms with Crippen LogP contribution >= 0.6 is 0 Å². The van der Waals surface area contributed by atoms with Gasteiger partial charge in [-0.2, -0.15) is 0 Å². The van der Waals surface area contributed by atoms with Crippen LogP contribution in [0.5, 0.6) is 0 Å². The van der Waals surface area contributed by atoms with Crippen molar-refractivity contribution in [3.05, 3.63) is 0 Å². The Morgan fingerprint density at radius 1 is 0.462 bits per heavy atom. The van der Waals surface area contributed by atoms with Gasteiger partial charge in [-0.05, 0) is 12.8 Å². The summed E-state index contributed by atoms with van der Waals surface area (Å²) in [6.07, 6.45) is 26.8. The van der Waals surface area contributed by atoms with E-state index in [1.54, 1.807) is 0 Å². The molecule has 0 aliphatic heterocycles. The molecule has 156 valence electrons. The van der Waals surface area contributed by atoms with E-state index in [1.807, 2.05) is 4.90 Å². The van der Waals surface area contributed by atoms with Crippen LogP contribution in [-0.4, -0.2) is 24.4 Å². The number of carbonyl (C=O) groups is 1. The zero-order valence-electron chi connectivity index (χ0n) is 18.3. The van der Waals surface area contributed by atoms with Gasteiger partial charge in [0.05, 0.1) is 0 Å². The predicted molar refractivity (Wildman–Crippen MR) is 117 cm³/mol. The van der Waals surface area contributed by atoms with Gasteiger partial charge in [0.15, 0.2) is 0 Å². The first-order valence-electron chi connectivity index (χ1n) is 12.0. The molecule has 0 aliphatic rings. The quantitative estimate of drug-likeness (QED) is 0.141. The lowest BCUT2D eigenvalue weighted by atomic mass is 10.1. The maximum atomic E-state index is 11.2. The zero-order valence-corrected chi connectivity index (χ0v) is 18.3. The first-order chi connectivity index (χ1) is 12.8. The molecular weight excluding hydrogens is 318 g/mol. The second kappa shape index (κ2) is 22.5. The molecule has 0 aromatic heterocycles. The molecule has 0 N–H and O–H groups in total. The minimum absolute atomic E-state index is 0.969. The molecule has 26 heavy (non-hydrogen) atoms. The maximum Gasteiger partial charge on any atom is 0.209 e. The monoisotopic (exact) mass is 367 g/mol. The minimum atomic E-state index is 0.969. The first-order valence-corrected chi connectivity index (χ1v) is 12.0. The van der Waals surface area contributed by atoms with Crippen molar-refractivity contribution in [2.24, 2.45) is 0 Å². The molecule has 1 amide bonds. The van der Waals surface area contributed by atoms with Crippen LogP contribution in [0.1, 0.15) is 136 Å². The number of unbranched alkanes of at least 4 members (excludes halogenated alkanes) is 17. The molecule has 0 rings (SSSR count). The standard InChI is InChI=1S/C24H49NO/c1-3-5-7-9-11-13-15-17-19-21-23-25(24-26)22-20-18-16-14-12-10-8-6-4-2/h24H,3-23H2,1-2H3. The van der Waals surface area contributed by atoms with Gasteiger partial charge in [-0.3, -0.25) is 4.79 Å². The number of carbonyl (C=O) groups excluding carboxylic acids is 1. The summed E-state index contributed by atoms with van der Waals surface area (Å²) in [6.45, 7) is 6.49. The summed E-state index contributed by atoms with van der Waals surface area (Å²) in [6, 6.07) is 0. The Hall–Kier alpha value is -0.530. The van der Waals surface area contributed by atoms with Crippen LogP contribution < -0.4 is 0 Å². The van der Waals surface area contributed by atoms with Crippen molar-refractivity contribution in [3.63, 3.8) is 0 Å². The van der Waals surface area contributed by atoms with Crippen molar-refractivity contribution in [3.8, 4) is 0 Å². The number of nitrogens with zero attached hydrogens (tertiary/aromatic N) is 1. The fourth-order valence-electron chi connectivity index (χ4n) is 3.65. The molecule has 0 fully saturated rings. The number of amides is 1. The molecule has 2 nitrogen and oxygen atoms in total. The minimum Gasteiger partial charge on any atom is -0.345 e. The average Bonchev–Trinajstić information content (AvgIpc) is 2.66. The Kier molecular flexibility index (Phi) is 22.1. The van der Waals surface area contributed by atoms with E-state index in [1.165, 1.54) is 122 Å². The van der Waals surface area contributed by atoms with Crippen LogP contribution in [-0.2, 0) is 4.79 Å². The first kappa shape index (κ1) is 25.5. The van der Waals surface area contributed by atoms with E-state index in [4.69, 9.17) is 0 Å². The van der Waals surface area contributed by atoms with Crippen molar-refractivity contribution >= 4 is 6.41 Å². The number of hydrogen-bond donors (Lipinski definition) is 0. The predicted octanol–water partition coefficient (Wildman–Crippen LogP) is 7.90. The summed E-state index contributed by atoms with van der Waals surface area (Å²) < 4.78 is 0. The van der Waals surface area contributed by atoms with E-state index < -0.39 is 0 Å². The molecule has 0 aromatic carbocycles. The summed E-state index contributed by atoms with van der Waals surface area (Å²) in [5.41, 5.74) is 0. The van der Waals surface area contributed by atoms with E-state index in [9.17, 15) is 4.79 Å². The van der Waals surface area contributed by atoms with Gasteiger partial charge in [0, 0.05) is 13.1 Å². The van der Waals surface area contributed by atoms with Gasteiger partial charge in [0.2, 0.25) is 6.41 Å². The van der Waals surface area contributed by atoms with Crippen LogP contribution in [0.25, 0.3) is 0 Å². The maximum absolute atomic E-state index is 11.2. The zero-order chi connectivity index (χ0) is 19.1. The Bertz CT molecular complexity index is 267. The second-order valence-corrected chi connectivity index (χ2v) is 8.15. The van der Waals surface area contributed by atoms with Crippen molar-refractivity contribution in [2.45, 2.75) is 136 Å². The molecule has 0 spiro atoms. The Morgan fingerprint density at radius 3 is 1.00 bits per heavy atom. The molecule has 0 radical (unpaired) electrons. The van der Waals surface area contributed by atoms with Crippen LogP contribution in [0.2, 0.25) is 0 Å². The van der Waals surface area contributed by atoms with Crippen LogP contribution in [0.4, 0.5) is 0 Å². The topological polar surface area (TPSA) is 20.3 Å². The lowest BCUT2D eigenvalue weighted by Gasteiger charge is -2.17. The molecule has 0 bridgehead atoms. The molecule has 0 saturated carbocycles. The Morgan fingerprint density at radius 2 is 0.731 bits per heavy atom. The molecule has 0 atom stereocenters. The summed E-state index contributed by atoms with van der Waals surface area (Å²) in [4.78, 5) is 13.2. The Labute approximate surface area is 165 Å². The van der Waals surface area contributed by atoms with Gasteiger partial charge in [0.1, 0.15) is 0 Å². The number of hydrogen-bond acceptors (Lipinski definition) is 1. The largest absolute Gasteiger partial charge is 0.345 e. The average molecular weight is 368 g/mol. The number of rotatable bonds is 22. The van der Waals surface area contributed by atoms with Crippen molar-refractivity contribution < 1.29 is 4.79 Å². The summed E-state index contributed by atoms with van der Waals surface area (Å²) >= 11 is 0. The van der Waals surface area contributed by atoms with Crippen molar-refractivity contribution in [2.75, 3.05) is 13.1 Å². The van der Waals surface area contributed by atoms with Gasteiger partial charge in [-0.1, -0.05) is 123 Å². The van der Waals surface area contributed by atoms with Gasteiger partial charge >= 0.3 is 0 Å². The van der Waals surface area contributed by atoms with E-state index in [-0.39, 0.29) is 0 Å². The fraction of sp³-hybridized carbons (Fsp3) is 0.958. The lowest BCUT2D eigenvalue weighted by Crippen LogP contribution is -2.24. The van der Waals surface area contributed by atoms with E-state index in [2.05, 4.69) is 13.8 Å². The summed E-state index contributed by atoms with van der Waals surface area (Å²) in [5.74, 6) is 0. The third kappa shape index (κ3) is 19.8. The smallest absolute Gasteiger partial charge is 0.209 e. The second-order valence-electron chi connectivity index (χ2n) is 8.15. The lowest BCUT2D eigenvalue weighted by molar-refractivity contribution is -0.118. The van der Waals surface area contributed by atoms with Gasteiger partial charge in [0.25, 0.3) is 0 Å². The molecule has 0 unspecified atom stereocenters. The molecule has 2 heteroatoms. The third-order valence-electron chi connectivity index (χ3n) is 5.50. The highest BCUT2D eigenvalue weighted by Gasteiger charge is 2.01. The van der Waals surface area contributed by atoms with Gasteiger partial charge in [-0.15, -0.1) is 0 Å². The van der Waals surface area contributed by atoms with E-state index >= 15 is 0 Å². The fourth-order valence-corrected chi connectivity index (χ4v) is 3.65. The summed E-state index contributed by atoms with van der Waals surface area (Å²) in [7, 11) is 0. The molecular formula is C24H49NO. The SMILES string of the molecule is CCCCCCCCCCCCN(C=O)CCCCCCCCCCC. The molecule has 0 aliphatic carbocycles. The van der Waals surface area contributed by atoms with E-state index in [0.717, 1.165) is 19.5 Å².